The Morgan fingerprint density at radius 1 is 0.767 bits per heavy atom. The fourth-order valence-electron chi connectivity index (χ4n) is 4.73. The molecule has 2 fully saturated rings. The normalized spacial score (nSPS) is 30.4. The van der Waals surface area contributed by atoms with Gasteiger partial charge in [0.25, 0.3) is 0 Å². The summed E-state index contributed by atoms with van der Waals surface area (Å²) in [6.07, 6.45) is -10.4. The summed E-state index contributed by atoms with van der Waals surface area (Å²) in [6, 6.07) is 8.20. The van der Waals surface area contributed by atoms with Crippen LogP contribution in [-0.4, -0.2) is 104 Å². The van der Waals surface area contributed by atoms with Crippen LogP contribution in [0.1, 0.15) is 44.5 Å². The molecule has 9 atom stereocenters. The Morgan fingerprint density at radius 2 is 1.40 bits per heavy atom. The third-order valence-corrected chi connectivity index (χ3v) is 7.03. The quantitative estimate of drug-likeness (QED) is 0.189. The Balaban J connectivity index is 1.99. The van der Waals surface area contributed by atoms with E-state index in [2.05, 4.69) is 15.9 Å². The van der Waals surface area contributed by atoms with Gasteiger partial charge in [-0.25, -0.2) is 4.79 Å². The monoisotopic (exact) mass is 674 g/mol. The Morgan fingerprint density at radius 3 is 1.95 bits per heavy atom. The maximum atomic E-state index is 13.1. The maximum Gasteiger partial charge on any atom is 0.338 e. The Kier molecular flexibility index (Phi) is 12.9. The molecule has 43 heavy (non-hydrogen) atoms. The first-order chi connectivity index (χ1) is 20.4. The molecular weight excluding hydrogens is 640 g/mol. The molecule has 0 aromatic heterocycles. The molecule has 0 bridgehead atoms. The molecule has 2 saturated heterocycles. The van der Waals surface area contributed by atoms with E-state index in [-0.39, 0.29) is 23.9 Å². The van der Waals surface area contributed by atoms with Gasteiger partial charge in [-0.1, -0.05) is 34.1 Å². The van der Waals surface area contributed by atoms with Crippen molar-refractivity contribution >= 4 is 45.8 Å². The molecule has 2 aliphatic heterocycles. The molecule has 0 saturated carbocycles. The molecule has 238 valence electrons. The maximum absolute atomic E-state index is 13.1. The van der Waals surface area contributed by atoms with Gasteiger partial charge in [-0.2, -0.15) is 0 Å². The summed E-state index contributed by atoms with van der Waals surface area (Å²) in [7, 11) is 1.34. The number of benzene rings is 1. The summed E-state index contributed by atoms with van der Waals surface area (Å²) in [6.45, 7) is 4.33. The fourth-order valence-corrected chi connectivity index (χ4v) is 5.25. The Bertz CT molecular complexity index is 1130. The molecule has 0 unspecified atom stereocenters. The minimum Gasteiger partial charge on any atom is -0.463 e. The van der Waals surface area contributed by atoms with Crippen LogP contribution in [0, 0.1) is 0 Å². The lowest BCUT2D eigenvalue weighted by Crippen LogP contribution is -2.63. The van der Waals surface area contributed by atoms with Crippen LogP contribution in [0.25, 0.3) is 0 Å². The topological polar surface area (TPSA) is 168 Å². The highest BCUT2D eigenvalue weighted by Crippen LogP contribution is 2.34. The molecule has 1 aromatic carbocycles. The molecule has 15 heteroatoms. The largest absolute Gasteiger partial charge is 0.463 e. The number of alkyl halides is 1. The van der Waals surface area contributed by atoms with Gasteiger partial charge < -0.3 is 42.6 Å². The average Bonchev–Trinajstić information content (AvgIpc) is 2.94. The standard InChI is InChI=1S/C28H35BrO14/c1-14(30)36-13-21-23(38-16(3)32)19(37-15(2)31)11-22(40-21)42-25-24(43-27(34)18-9-7-6-8-10-18)20(12-29)41-28(35-5)26(25)39-17(4)33/h6-10,19-26,28H,11-13H2,1-5H3/t19-,20-,21-,22-,23-,24-,25+,26-,28+/m1/s1. The van der Waals surface area contributed by atoms with E-state index in [0.717, 1.165) is 0 Å². The molecule has 0 aliphatic carbocycles. The number of hydrogen-bond donors (Lipinski definition) is 0. The van der Waals surface area contributed by atoms with Gasteiger partial charge in [0.05, 0.1) is 5.56 Å². The summed E-state index contributed by atoms with van der Waals surface area (Å²) in [5.74, 6) is -3.39. The van der Waals surface area contributed by atoms with Gasteiger partial charge in [0.1, 0.15) is 31.0 Å². The second-order valence-corrected chi connectivity index (χ2v) is 10.4. The van der Waals surface area contributed by atoms with Gasteiger partial charge in [0.2, 0.25) is 0 Å². The first-order valence-corrected chi connectivity index (χ1v) is 14.5. The fraction of sp³-hybridized carbons (Fsp3) is 0.607. The van der Waals surface area contributed by atoms with Gasteiger partial charge >= 0.3 is 29.8 Å². The smallest absolute Gasteiger partial charge is 0.338 e. The highest BCUT2D eigenvalue weighted by molar-refractivity contribution is 9.09. The van der Waals surface area contributed by atoms with Crippen LogP contribution in [0.4, 0.5) is 0 Å². The van der Waals surface area contributed by atoms with E-state index >= 15 is 0 Å². The lowest BCUT2D eigenvalue weighted by atomic mass is 9.97. The number of esters is 5. The van der Waals surface area contributed by atoms with Crippen molar-refractivity contribution in [2.45, 2.75) is 89.4 Å². The lowest BCUT2D eigenvalue weighted by molar-refractivity contribution is -0.336. The zero-order valence-corrected chi connectivity index (χ0v) is 25.9. The van der Waals surface area contributed by atoms with Gasteiger partial charge in [-0.15, -0.1) is 0 Å². The van der Waals surface area contributed by atoms with Crippen molar-refractivity contribution in [2.24, 2.45) is 0 Å². The number of rotatable bonds is 11. The number of methoxy groups -OCH3 is 1. The molecule has 0 N–H and O–H groups in total. The van der Waals surface area contributed by atoms with E-state index in [1.807, 2.05) is 0 Å². The van der Waals surface area contributed by atoms with Crippen LogP contribution in [0.3, 0.4) is 0 Å². The summed E-state index contributed by atoms with van der Waals surface area (Å²) >= 11 is 3.37. The first-order valence-electron chi connectivity index (χ1n) is 13.4. The van der Waals surface area contributed by atoms with Crippen molar-refractivity contribution in [1.82, 2.24) is 0 Å². The second-order valence-electron chi connectivity index (χ2n) is 9.71. The van der Waals surface area contributed by atoms with E-state index in [4.69, 9.17) is 42.6 Å². The third-order valence-electron chi connectivity index (χ3n) is 6.39. The van der Waals surface area contributed by atoms with Gasteiger partial charge in [-0.3, -0.25) is 19.2 Å². The molecule has 0 amide bonds. The number of carbonyl (C=O) groups excluding carboxylic acids is 5. The SMILES string of the molecule is CO[C@H]1O[C@H](CBr)[C@@H](OC(=O)c2ccccc2)[C@H](O[C@@H]2C[C@@H](OC(C)=O)[C@@H](OC(C)=O)[C@@H](COC(C)=O)O2)[C@H]1OC(C)=O. The van der Waals surface area contributed by atoms with E-state index in [1.54, 1.807) is 30.3 Å². The van der Waals surface area contributed by atoms with Crippen molar-refractivity contribution in [2.75, 3.05) is 19.0 Å². The molecule has 2 heterocycles. The summed E-state index contributed by atoms with van der Waals surface area (Å²) in [5.41, 5.74) is 0.252. The van der Waals surface area contributed by atoms with Crippen molar-refractivity contribution in [3.05, 3.63) is 35.9 Å². The third kappa shape index (κ3) is 9.69. The first kappa shape index (κ1) is 34.4. The van der Waals surface area contributed by atoms with Crippen LogP contribution in [0.15, 0.2) is 30.3 Å². The summed E-state index contributed by atoms with van der Waals surface area (Å²) in [4.78, 5) is 60.7. The molecule has 3 rings (SSSR count). The molecule has 1 aromatic rings. The number of ether oxygens (including phenoxy) is 9. The Labute approximate surface area is 256 Å². The van der Waals surface area contributed by atoms with Crippen molar-refractivity contribution in [3.63, 3.8) is 0 Å². The van der Waals surface area contributed by atoms with Crippen LogP contribution in [0.2, 0.25) is 0 Å². The predicted octanol–water partition coefficient (Wildman–Crippen LogP) is 1.84. The van der Waals surface area contributed by atoms with Crippen LogP contribution < -0.4 is 0 Å². The van der Waals surface area contributed by atoms with Gasteiger partial charge in [0, 0.05) is 46.6 Å². The minimum absolute atomic E-state index is 0.159. The summed E-state index contributed by atoms with van der Waals surface area (Å²) < 4.78 is 51.1. The van der Waals surface area contributed by atoms with Crippen LogP contribution in [0.5, 0.6) is 0 Å². The zero-order chi connectivity index (χ0) is 31.7. The number of hydrogen-bond acceptors (Lipinski definition) is 14. The highest BCUT2D eigenvalue weighted by atomic mass is 79.9. The van der Waals surface area contributed by atoms with Crippen molar-refractivity contribution in [1.29, 1.82) is 0 Å². The second kappa shape index (κ2) is 16.1. The van der Waals surface area contributed by atoms with E-state index in [1.165, 1.54) is 34.8 Å². The molecule has 2 aliphatic rings. The Hall–Kier alpha value is -3.11. The lowest BCUT2D eigenvalue weighted by Gasteiger charge is -2.47. The van der Waals surface area contributed by atoms with E-state index < -0.39 is 85.2 Å². The average molecular weight is 675 g/mol. The highest BCUT2D eigenvalue weighted by Gasteiger charge is 2.53. The molecule has 0 spiro atoms. The van der Waals surface area contributed by atoms with Crippen LogP contribution in [-0.2, 0) is 61.8 Å². The summed E-state index contributed by atoms with van der Waals surface area (Å²) in [5, 5.41) is 0.164. The van der Waals surface area contributed by atoms with Gasteiger partial charge in [-0.05, 0) is 12.1 Å². The molecule has 14 nitrogen and oxygen atoms in total. The number of halogens is 1. The molecule has 0 radical (unpaired) electrons. The van der Waals surface area contributed by atoms with Crippen molar-refractivity contribution < 1.29 is 66.6 Å². The van der Waals surface area contributed by atoms with E-state index in [9.17, 15) is 24.0 Å². The van der Waals surface area contributed by atoms with E-state index in [0.29, 0.717) is 0 Å². The minimum atomic E-state index is -1.25. The van der Waals surface area contributed by atoms with Gasteiger partial charge in [0.15, 0.2) is 30.9 Å². The number of carbonyl (C=O) groups is 5. The van der Waals surface area contributed by atoms with Crippen molar-refractivity contribution in [3.8, 4) is 0 Å². The molecular formula is C28H35BrO14. The zero-order valence-electron chi connectivity index (χ0n) is 24.3. The van der Waals surface area contributed by atoms with Crippen LogP contribution >= 0.6 is 15.9 Å². The predicted molar refractivity (Wildman–Crippen MR) is 147 cm³/mol.